The van der Waals surface area contributed by atoms with Crippen molar-refractivity contribution in [2.45, 2.75) is 39.2 Å². The summed E-state index contributed by atoms with van der Waals surface area (Å²) in [6.45, 7) is 6.21. The largest absolute Gasteiger partial charge is 0.488 e. The van der Waals surface area contributed by atoms with Gasteiger partial charge in [-0.15, -0.1) is 24.0 Å². The predicted octanol–water partition coefficient (Wildman–Crippen LogP) is 3.21. The Bertz CT molecular complexity index is 450. The van der Waals surface area contributed by atoms with Crippen molar-refractivity contribution in [1.82, 2.24) is 10.6 Å². The van der Waals surface area contributed by atoms with Crippen molar-refractivity contribution < 1.29 is 4.74 Å². The van der Waals surface area contributed by atoms with Crippen molar-refractivity contribution in [3.05, 3.63) is 29.8 Å². The topological polar surface area (TPSA) is 45.7 Å². The lowest BCUT2D eigenvalue weighted by molar-refractivity contribution is 0.235. The summed E-state index contributed by atoms with van der Waals surface area (Å²) < 4.78 is 5.92. The van der Waals surface area contributed by atoms with Crippen LogP contribution in [0.1, 0.15) is 32.3 Å². The van der Waals surface area contributed by atoms with E-state index < -0.39 is 0 Å². The van der Waals surface area contributed by atoms with Crippen LogP contribution < -0.4 is 15.4 Å². The van der Waals surface area contributed by atoms with E-state index in [-0.39, 0.29) is 30.1 Å². The maximum atomic E-state index is 5.92. The minimum Gasteiger partial charge on any atom is -0.488 e. The van der Waals surface area contributed by atoms with Gasteiger partial charge in [0.05, 0.1) is 6.54 Å². The molecule has 1 heterocycles. The highest BCUT2D eigenvalue weighted by Crippen LogP contribution is 2.27. The van der Waals surface area contributed by atoms with E-state index in [1.165, 1.54) is 18.4 Å². The summed E-state index contributed by atoms with van der Waals surface area (Å²) in [4.78, 5) is 4.28. The van der Waals surface area contributed by atoms with Gasteiger partial charge in [-0.05, 0) is 17.5 Å². The van der Waals surface area contributed by atoms with Gasteiger partial charge in [0.15, 0.2) is 5.96 Å². The highest BCUT2D eigenvalue weighted by Gasteiger charge is 2.22. The Balaban J connectivity index is 0.00000242. The number of para-hydroxylation sites is 1. The normalized spacial score (nSPS) is 16.7. The number of nitrogens with zero attached hydrogens (tertiary/aromatic N) is 1. The summed E-state index contributed by atoms with van der Waals surface area (Å²) in [7, 11) is 1.81. The molecule has 2 rings (SSSR count). The number of hydrogen-bond acceptors (Lipinski definition) is 2. The van der Waals surface area contributed by atoms with Crippen molar-refractivity contribution in [1.29, 1.82) is 0 Å². The molecule has 124 valence electrons. The average molecular weight is 417 g/mol. The summed E-state index contributed by atoms with van der Waals surface area (Å²) in [5.74, 6) is 2.58. The van der Waals surface area contributed by atoms with E-state index in [1.807, 2.05) is 19.2 Å². The van der Waals surface area contributed by atoms with Crippen LogP contribution in [0.4, 0.5) is 0 Å². The second-order valence-electron chi connectivity index (χ2n) is 5.57. The fourth-order valence-electron chi connectivity index (χ4n) is 2.62. The van der Waals surface area contributed by atoms with E-state index >= 15 is 0 Å². The summed E-state index contributed by atoms with van der Waals surface area (Å²) >= 11 is 0. The second kappa shape index (κ2) is 9.92. The highest BCUT2D eigenvalue weighted by molar-refractivity contribution is 14.0. The lowest BCUT2D eigenvalue weighted by Gasteiger charge is -2.18. The van der Waals surface area contributed by atoms with Crippen LogP contribution in [-0.4, -0.2) is 32.2 Å². The molecule has 0 saturated heterocycles. The zero-order valence-electron chi connectivity index (χ0n) is 13.8. The Morgan fingerprint density at radius 1 is 1.27 bits per heavy atom. The maximum Gasteiger partial charge on any atom is 0.191 e. The second-order valence-corrected chi connectivity index (χ2v) is 5.57. The van der Waals surface area contributed by atoms with Gasteiger partial charge in [0.2, 0.25) is 0 Å². The Morgan fingerprint density at radius 3 is 2.64 bits per heavy atom. The number of halogens is 1. The van der Waals surface area contributed by atoms with Crippen molar-refractivity contribution in [2.24, 2.45) is 10.9 Å². The fourth-order valence-corrected chi connectivity index (χ4v) is 2.62. The molecule has 0 saturated carbocycles. The number of hydrogen-bond donors (Lipinski definition) is 2. The van der Waals surface area contributed by atoms with Crippen LogP contribution >= 0.6 is 24.0 Å². The predicted molar refractivity (Wildman–Crippen MR) is 103 cm³/mol. The first-order chi connectivity index (χ1) is 10.3. The summed E-state index contributed by atoms with van der Waals surface area (Å²) in [6.07, 6.45) is 3.55. The van der Waals surface area contributed by atoms with Crippen LogP contribution in [0.25, 0.3) is 0 Å². The zero-order valence-corrected chi connectivity index (χ0v) is 16.1. The molecule has 1 unspecified atom stereocenters. The van der Waals surface area contributed by atoms with Crippen LogP contribution in [0, 0.1) is 5.92 Å². The molecule has 0 aromatic heterocycles. The first kappa shape index (κ1) is 19.1. The molecule has 22 heavy (non-hydrogen) atoms. The van der Waals surface area contributed by atoms with Crippen LogP contribution in [0.3, 0.4) is 0 Å². The SMILES string of the molecule is CCC(CC)CNC(=NC)NCC1Cc2ccccc2O1.I. The van der Waals surface area contributed by atoms with Crippen molar-refractivity contribution in [3.63, 3.8) is 0 Å². The van der Waals surface area contributed by atoms with Gasteiger partial charge in [-0.2, -0.15) is 0 Å². The van der Waals surface area contributed by atoms with Crippen LogP contribution in [0.5, 0.6) is 5.75 Å². The van der Waals surface area contributed by atoms with E-state index in [1.54, 1.807) is 0 Å². The number of fused-ring (bicyclic) bond motifs is 1. The van der Waals surface area contributed by atoms with Crippen LogP contribution in [0.15, 0.2) is 29.3 Å². The van der Waals surface area contributed by atoms with Gasteiger partial charge < -0.3 is 15.4 Å². The molecule has 1 atom stereocenters. The third-order valence-corrected chi connectivity index (χ3v) is 4.15. The number of rotatable bonds is 6. The van der Waals surface area contributed by atoms with Crippen LogP contribution in [0.2, 0.25) is 0 Å². The summed E-state index contributed by atoms with van der Waals surface area (Å²) in [6, 6.07) is 8.25. The number of aliphatic imine (C=N–C) groups is 1. The average Bonchev–Trinajstić information content (AvgIpc) is 2.94. The number of guanidine groups is 1. The molecule has 0 spiro atoms. The van der Waals surface area contributed by atoms with E-state index in [4.69, 9.17) is 4.74 Å². The first-order valence-electron chi connectivity index (χ1n) is 7.95. The van der Waals surface area contributed by atoms with Gasteiger partial charge in [-0.3, -0.25) is 4.99 Å². The number of nitrogens with one attached hydrogen (secondary N) is 2. The lowest BCUT2D eigenvalue weighted by Crippen LogP contribution is -2.43. The van der Waals surface area contributed by atoms with Gasteiger partial charge in [0.1, 0.15) is 11.9 Å². The Hall–Kier alpha value is -0.980. The molecule has 0 radical (unpaired) electrons. The summed E-state index contributed by atoms with van der Waals surface area (Å²) in [5.41, 5.74) is 1.30. The Labute approximate surface area is 151 Å². The monoisotopic (exact) mass is 417 g/mol. The molecule has 2 N–H and O–H groups in total. The molecule has 5 heteroatoms. The molecule has 1 aromatic rings. The van der Waals surface area contributed by atoms with Gasteiger partial charge >= 0.3 is 0 Å². The zero-order chi connectivity index (χ0) is 15.1. The smallest absolute Gasteiger partial charge is 0.191 e. The molecule has 4 nitrogen and oxygen atoms in total. The van der Waals surface area contributed by atoms with Crippen molar-refractivity contribution in [2.75, 3.05) is 20.1 Å². The van der Waals surface area contributed by atoms with Gasteiger partial charge in [0.25, 0.3) is 0 Å². The third-order valence-electron chi connectivity index (χ3n) is 4.15. The molecule has 1 aliphatic heterocycles. The van der Waals surface area contributed by atoms with E-state index in [2.05, 4.69) is 41.6 Å². The van der Waals surface area contributed by atoms with E-state index in [0.29, 0.717) is 5.92 Å². The molecule has 1 aliphatic rings. The first-order valence-corrected chi connectivity index (χ1v) is 7.95. The maximum absolute atomic E-state index is 5.92. The quantitative estimate of drug-likeness (QED) is 0.425. The molecule has 1 aromatic carbocycles. The lowest BCUT2D eigenvalue weighted by atomic mass is 10.0. The van der Waals surface area contributed by atoms with Crippen molar-refractivity contribution in [3.8, 4) is 5.75 Å². The fraction of sp³-hybridized carbons (Fsp3) is 0.588. The van der Waals surface area contributed by atoms with Gasteiger partial charge in [-0.1, -0.05) is 44.9 Å². The standard InChI is InChI=1S/C17H27N3O.HI/c1-4-13(5-2)11-19-17(18-3)20-12-15-10-14-8-6-7-9-16(14)21-15;/h6-9,13,15H,4-5,10-12H2,1-3H3,(H2,18,19,20);1H. The Kier molecular flexibility index (Phi) is 8.60. The van der Waals surface area contributed by atoms with Gasteiger partial charge in [0, 0.05) is 20.0 Å². The number of ether oxygens (including phenoxy) is 1. The molecule has 0 aliphatic carbocycles. The minimum atomic E-state index is 0. The number of benzene rings is 1. The van der Waals surface area contributed by atoms with E-state index in [0.717, 1.165) is 31.2 Å². The molecule has 0 fully saturated rings. The Morgan fingerprint density at radius 2 is 2.00 bits per heavy atom. The molecule has 0 amide bonds. The molecule has 0 bridgehead atoms. The molecular weight excluding hydrogens is 389 g/mol. The van der Waals surface area contributed by atoms with Crippen molar-refractivity contribution >= 4 is 29.9 Å². The van der Waals surface area contributed by atoms with Crippen LogP contribution in [-0.2, 0) is 6.42 Å². The molecular formula is C17H28IN3O. The van der Waals surface area contributed by atoms with E-state index in [9.17, 15) is 0 Å². The summed E-state index contributed by atoms with van der Waals surface area (Å²) in [5, 5.41) is 6.76. The minimum absolute atomic E-state index is 0. The van der Waals surface area contributed by atoms with Gasteiger partial charge in [-0.25, -0.2) is 0 Å². The highest BCUT2D eigenvalue weighted by atomic mass is 127. The third kappa shape index (κ3) is 5.34.